The molecule has 46 heavy (non-hydrogen) atoms. The van der Waals surface area contributed by atoms with Crippen LogP contribution in [0.2, 0.25) is 0 Å². The number of nitrogens with zero attached hydrogens (tertiary/aromatic N) is 4. The van der Waals surface area contributed by atoms with E-state index < -0.39 is 11.5 Å². The highest BCUT2D eigenvalue weighted by molar-refractivity contribution is 5.89. The van der Waals surface area contributed by atoms with Crippen LogP contribution in [0.5, 0.6) is 0 Å². The van der Waals surface area contributed by atoms with Gasteiger partial charge in [0.15, 0.2) is 0 Å². The summed E-state index contributed by atoms with van der Waals surface area (Å²) in [6, 6.07) is 18.6. The van der Waals surface area contributed by atoms with E-state index in [0.29, 0.717) is 19.0 Å². The summed E-state index contributed by atoms with van der Waals surface area (Å²) in [7, 11) is 5.99. The van der Waals surface area contributed by atoms with Crippen LogP contribution in [0, 0.1) is 5.41 Å². The molecular weight excluding hydrogens is 576 g/mol. The van der Waals surface area contributed by atoms with E-state index in [1.54, 1.807) is 7.05 Å². The zero-order chi connectivity index (χ0) is 33.3. The number of hydrogen-bond acceptors (Lipinski definition) is 6. The Kier molecular flexibility index (Phi) is 12.8. The SMILES string of the molecule is CNCC(=O)NC(C(=O)N1CCCC1CN(C)Cc1ccc(CN(CC2CCCN2C)C(=O)Cc2ccccc2)cc1)C(C)(C)C. The van der Waals surface area contributed by atoms with Gasteiger partial charge in [0.05, 0.1) is 13.0 Å². The van der Waals surface area contributed by atoms with Gasteiger partial charge in [-0.3, -0.25) is 14.4 Å². The highest BCUT2D eigenvalue weighted by atomic mass is 16.2. The van der Waals surface area contributed by atoms with Gasteiger partial charge in [-0.2, -0.15) is 0 Å². The van der Waals surface area contributed by atoms with Gasteiger partial charge in [0, 0.05) is 44.8 Å². The van der Waals surface area contributed by atoms with Gasteiger partial charge in [0.2, 0.25) is 17.7 Å². The van der Waals surface area contributed by atoms with E-state index in [1.165, 1.54) is 12.0 Å². The van der Waals surface area contributed by atoms with E-state index in [1.807, 2.05) is 60.9 Å². The second kappa shape index (κ2) is 16.5. The molecule has 2 saturated heterocycles. The first-order chi connectivity index (χ1) is 21.9. The Balaban J connectivity index is 1.36. The number of amides is 3. The number of carbonyl (C=O) groups excluding carboxylic acids is 3. The van der Waals surface area contributed by atoms with Crippen molar-refractivity contribution in [1.82, 2.24) is 30.2 Å². The topological polar surface area (TPSA) is 88.2 Å². The Labute approximate surface area is 276 Å². The van der Waals surface area contributed by atoms with Crippen LogP contribution in [0.25, 0.3) is 0 Å². The standard InChI is InChI=1S/C37H56N6O3/c1-37(2,3)35(39-33(44)23-38-4)36(46)43-21-11-15-32(43)26-40(5)24-29-16-18-30(19-17-29)25-42(27-31-14-10-20-41(31)6)34(45)22-28-12-8-7-9-13-28/h7-9,12-13,16-19,31-32,35,38H,10-11,14-15,20-27H2,1-6H3,(H,39,44). The maximum Gasteiger partial charge on any atom is 0.245 e. The van der Waals surface area contributed by atoms with Crippen LogP contribution in [0.4, 0.5) is 0 Å². The molecule has 3 amide bonds. The second-order valence-corrected chi connectivity index (χ2v) is 14.5. The normalized spacial score (nSPS) is 19.4. The first-order valence-electron chi connectivity index (χ1n) is 17.0. The quantitative estimate of drug-likeness (QED) is 0.332. The lowest BCUT2D eigenvalue weighted by Gasteiger charge is -2.36. The Morgan fingerprint density at radius 1 is 0.870 bits per heavy atom. The number of hydrogen-bond donors (Lipinski definition) is 2. The summed E-state index contributed by atoms with van der Waals surface area (Å²) in [5.41, 5.74) is 2.99. The van der Waals surface area contributed by atoms with Crippen molar-refractivity contribution in [1.29, 1.82) is 0 Å². The maximum atomic E-state index is 13.7. The van der Waals surface area contributed by atoms with Crippen molar-refractivity contribution in [2.75, 3.05) is 53.9 Å². The number of likely N-dealkylation sites (tertiary alicyclic amines) is 2. The largest absolute Gasteiger partial charge is 0.343 e. The van der Waals surface area contributed by atoms with Gasteiger partial charge in [-0.15, -0.1) is 0 Å². The molecule has 3 atom stereocenters. The summed E-state index contributed by atoms with van der Waals surface area (Å²) in [6.45, 7) is 10.9. The number of rotatable bonds is 14. The minimum Gasteiger partial charge on any atom is -0.343 e. The third-order valence-corrected chi connectivity index (χ3v) is 9.44. The van der Waals surface area contributed by atoms with Crippen molar-refractivity contribution in [3.63, 3.8) is 0 Å². The summed E-state index contributed by atoms with van der Waals surface area (Å²) in [6.07, 6.45) is 4.65. The fourth-order valence-electron chi connectivity index (χ4n) is 6.81. The van der Waals surface area contributed by atoms with Gasteiger partial charge in [0.1, 0.15) is 6.04 Å². The number of likely N-dealkylation sites (N-methyl/N-ethyl adjacent to an activating group) is 3. The first kappa shape index (κ1) is 35.6. The van der Waals surface area contributed by atoms with Crippen LogP contribution in [0.3, 0.4) is 0 Å². The Bertz CT molecular complexity index is 1280. The molecule has 9 heteroatoms. The smallest absolute Gasteiger partial charge is 0.245 e. The van der Waals surface area contributed by atoms with E-state index in [2.05, 4.69) is 58.8 Å². The fourth-order valence-corrected chi connectivity index (χ4v) is 6.81. The minimum atomic E-state index is -0.569. The highest BCUT2D eigenvalue weighted by Crippen LogP contribution is 2.26. The Hall–Kier alpha value is -3.27. The van der Waals surface area contributed by atoms with Gasteiger partial charge in [0.25, 0.3) is 0 Å². The Morgan fingerprint density at radius 2 is 1.50 bits per heavy atom. The van der Waals surface area contributed by atoms with E-state index in [9.17, 15) is 14.4 Å². The zero-order valence-electron chi connectivity index (χ0n) is 28.9. The van der Waals surface area contributed by atoms with Crippen molar-refractivity contribution >= 4 is 17.7 Å². The van der Waals surface area contributed by atoms with Crippen molar-refractivity contribution < 1.29 is 14.4 Å². The second-order valence-electron chi connectivity index (χ2n) is 14.5. The lowest BCUT2D eigenvalue weighted by atomic mass is 9.85. The van der Waals surface area contributed by atoms with Crippen LogP contribution in [-0.4, -0.2) is 109 Å². The molecule has 0 aromatic heterocycles. The molecule has 2 aliphatic rings. The van der Waals surface area contributed by atoms with E-state index >= 15 is 0 Å². The van der Waals surface area contributed by atoms with Gasteiger partial charge < -0.3 is 30.2 Å². The van der Waals surface area contributed by atoms with Crippen LogP contribution < -0.4 is 10.6 Å². The maximum absolute atomic E-state index is 13.7. The summed E-state index contributed by atoms with van der Waals surface area (Å²) in [5, 5.41) is 5.84. The molecule has 4 rings (SSSR count). The molecule has 0 aliphatic carbocycles. The average molecular weight is 633 g/mol. The average Bonchev–Trinajstić information content (AvgIpc) is 3.64. The van der Waals surface area contributed by atoms with Crippen LogP contribution in [0.1, 0.15) is 63.1 Å². The minimum absolute atomic E-state index is 0.00682. The molecule has 0 bridgehead atoms. The molecule has 2 aromatic rings. The van der Waals surface area contributed by atoms with Gasteiger partial charge >= 0.3 is 0 Å². The molecule has 2 heterocycles. The number of carbonyl (C=O) groups is 3. The van der Waals surface area contributed by atoms with Crippen molar-refractivity contribution in [2.24, 2.45) is 5.41 Å². The molecule has 2 aromatic carbocycles. The molecule has 252 valence electrons. The third kappa shape index (κ3) is 10.1. The third-order valence-electron chi connectivity index (χ3n) is 9.44. The van der Waals surface area contributed by atoms with Crippen LogP contribution >= 0.6 is 0 Å². The van der Waals surface area contributed by atoms with Crippen LogP contribution in [0.15, 0.2) is 54.6 Å². The molecule has 2 aliphatic heterocycles. The lowest BCUT2D eigenvalue weighted by molar-refractivity contribution is -0.140. The predicted molar refractivity (Wildman–Crippen MR) is 184 cm³/mol. The number of benzene rings is 2. The lowest BCUT2D eigenvalue weighted by Crippen LogP contribution is -2.57. The van der Waals surface area contributed by atoms with Crippen LogP contribution in [-0.2, 0) is 33.9 Å². The Morgan fingerprint density at radius 3 is 2.11 bits per heavy atom. The van der Waals surface area contributed by atoms with Gasteiger partial charge in [-0.25, -0.2) is 0 Å². The molecule has 0 saturated carbocycles. The monoisotopic (exact) mass is 632 g/mol. The first-order valence-corrected chi connectivity index (χ1v) is 17.0. The van der Waals surface area contributed by atoms with Crippen molar-refractivity contribution in [3.8, 4) is 0 Å². The molecule has 2 N–H and O–H groups in total. The van der Waals surface area contributed by atoms with Crippen molar-refractivity contribution in [3.05, 3.63) is 71.3 Å². The molecular formula is C37H56N6O3. The van der Waals surface area contributed by atoms with Crippen molar-refractivity contribution in [2.45, 2.75) is 84.1 Å². The molecule has 2 fully saturated rings. The summed E-state index contributed by atoms with van der Waals surface area (Å²) in [4.78, 5) is 48.3. The molecule has 0 radical (unpaired) electrons. The highest BCUT2D eigenvalue weighted by Gasteiger charge is 2.39. The summed E-state index contributed by atoms with van der Waals surface area (Å²) in [5.74, 6) is 0.00952. The number of nitrogens with one attached hydrogen (secondary N) is 2. The molecule has 0 spiro atoms. The summed E-state index contributed by atoms with van der Waals surface area (Å²) >= 11 is 0. The van der Waals surface area contributed by atoms with E-state index in [-0.39, 0.29) is 30.3 Å². The predicted octanol–water partition coefficient (Wildman–Crippen LogP) is 3.53. The van der Waals surface area contributed by atoms with E-state index in [4.69, 9.17) is 0 Å². The fraction of sp³-hybridized carbons (Fsp3) is 0.595. The zero-order valence-corrected chi connectivity index (χ0v) is 28.9. The molecule has 3 unspecified atom stereocenters. The summed E-state index contributed by atoms with van der Waals surface area (Å²) < 4.78 is 0. The van der Waals surface area contributed by atoms with Gasteiger partial charge in [-0.1, -0.05) is 75.4 Å². The molecule has 9 nitrogen and oxygen atoms in total. The van der Waals surface area contributed by atoms with Gasteiger partial charge in [-0.05, 0) is 75.5 Å². The van der Waals surface area contributed by atoms with E-state index in [0.717, 1.165) is 63.1 Å².